The second kappa shape index (κ2) is 20.4. The summed E-state index contributed by atoms with van der Waals surface area (Å²) in [4.78, 5) is 23.6. The number of hydrogen-bond acceptors (Lipinski definition) is 7. The third-order valence-corrected chi connectivity index (χ3v) is 6.34. The molecule has 218 valence electrons. The van der Waals surface area contributed by atoms with E-state index in [1.807, 2.05) is 24.3 Å². The minimum absolute atomic E-state index is 0.300. The average molecular weight is 551 g/mol. The molecule has 0 radical (unpaired) electrons. The molecule has 0 fully saturated rings. The molecule has 0 heterocycles. The van der Waals surface area contributed by atoms with Gasteiger partial charge in [-0.1, -0.05) is 58.4 Å². The quantitative estimate of drug-likeness (QED) is 0.0668. The number of carbonyl (C=O) groups excluding carboxylic acids is 2. The predicted octanol–water partition coefficient (Wildman–Crippen LogP) is 9.46. The number of ether oxygens (including phenoxy) is 3. The molecule has 0 N–H and O–H groups in total. The van der Waals surface area contributed by atoms with Gasteiger partial charge in [-0.25, -0.2) is 9.59 Å². The molecule has 2 aromatic carbocycles. The fourth-order valence-electron chi connectivity index (χ4n) is 3.91. The van der Waals surface area contributed by atoms with Crippen molar-refractivity contribution in [1.82, 2.24) is 0 Å². The molecule has 0 amide bonds. The van der Waals surface area contributed by atoms with E-state index in [1.165, 1.54) is 38.5 Å². The normalized spacial score (nSPS) is 10.9. The van der Waals surface area contributed by atoms with E-state index in [0.29, 0.717) is 42.3 Å². The fraction of sp³-hybridized carbons (Fsp3) is 0.515. The van der Waals surface area contributed by atoms with Crippen molar-refractivity contribution >= 4 is 23.3 Å². The van der Waals surface area contributed by atoms with Crippen LogP contribution in [-0.4, -0.2) is 31.8 Å². The smallest absolute Gasteiger partial charge is 0.338 e. The summed E-state index contributed by atoms with van der Waals surface area (Å²) in [5, 5.41) is 8.52. The highest BCUT2D eigenvalue weighted by molar-refractivity contribution is 5.89. The van der Waals surface area contributed by atoms with E-state index in [1.54, 1.807) is 31.2 Å². The van der Waals surface area contributed by atoms with Gasteiger partial charge in [0.25, 0.3) is 0 Å². The van der Waals surface area contributed by atoms with Crippen LogP contribution < -0.4 is 4.74 Å². The largest absolute Gasteiger partial charge is 0.494 e. The van der Waals surface area contributed by atoms with Gasteiger partial charge in [0.15, 0.2) is 0 Å². The van der Waals surface area contributed by atoms with Crippen molar-refractivity contribution in [2.75, 3.05) is 19.8 Å². The number of carbonyl (C=O) groups is 2. The summed E-state index contributed by atoms with van der Waals surface area (Å²) in [5.74, 6) is 0.154. The third kappa shape index (κ3) is 14.6. The van der Waals surface area contributed by atoms with Crippen LogP contribution >= 0.6 is 0 Å². The zero-order chi connectivity index (χ0) is 28.8. The van der Waals surface area contributed by atoms with Gasteiger partial charge in [0, 0.05) is 5.57 Å². The molecule has 0 aromatic heterocycles. The number of unbranched alkanes of at least 4 members (excludes halogenated alkanes) is 10. The number of esters is 2. The van der Waals surface area contributed by atoms with Crippen molar-refractivity contribution in [2.45, 2.75) is 90.9 Å². The molecule has 7 nitrogen and oxygen atoms in total. The highest BCUT2D eigenvalue weighted by Crippen LogP contribution is 2.22. The Hall–Kier alpha value is -3.48. The van der Waals surface area contributed by atoms with Crippen molar-refractivity contribution in [2.24, 2.45) is 10.2 Å². The molecule has 0 aliphatic carbocycles. The van der Waals surface area contributed by atoms with E-state index in [9.17, 15) is 9.59 Å². The standard InChI is InChI=1S/C33H46N2O5/c1-4-5-6-7-8-9-10-14-26-40-33(37)28-16-18-29(19-17-28)34-35-30-20-22-31(23-21-30)38-24-13-11-12-15-25-39-32(36)27(2)3/h16-23H,2,4-15,24-26H2,1,3H3. The second-order valence-corrected chi connectivity index (χ2v) is 10.0. The maximum absolute atomic E-state index is 12.3. The van der Waals surface area contributed by atoms with Crippen LogP contribution in [0, 0.1) is 0 Å². The first-order chi connectivity index (χ1) is 19.5. The summed E-state index contributed by atoms with van der Waals surface area (Å²) in [6.07, 6.45) is 13.5. The van der Waals surface area contributed by atoms with Crippen molar-refractivity contribution in [3.63, 3.8) is 0 Å². The molecule has 2 aromatic rings. The van der Waals surface area contributed by atoms with Gasteiger partial charge in [-0.15, -0.1) is 0 Å². The Labute approximate surface area is 240 Å². The lowest BCUT2D eigenvalue weighted by atomic mass is 10.1. The maximum Gasteiger partial charge on any atom is 0.338 e. The monoisotopic (exact) mass is 550 g/mol. The van der Waals surface area contributed by atoms with Gasteiger partial charge in [-0.2, -0.15) is 10.2 Å². The zero-order valence-electron chi connectivity index (χ0n) is 24.4. The number of rotatable bonds is 21. The van der Waals surface area contributed by atoms with E-state index in [0.717, 1.165) is 44.3 Å². The Morgan fingerprint density at radius 1 is 0.650 bits per heavy atom. The molecule has 0 unspecified atom stereocenters. The third-order valence-electron chi connectivity index (χ3n) is 6.34. The highest BCUT2D eigenvalue weighted by Gasteiger charge is 2.07. The van der Waals surface area contributed by atoms with E-state index < -0.39 is 0 Å². The van der Waals surface area contributed by atoms with Crippen LogP contribution in [0.1, 0.15) is 101 Å². The van der Waals surface area contributed by atoms with E-state index >= 15 is 0 Å². The number of azo groups is 1. The SMILES string of the molecule is C=C(C)C(=O)OCCCCCCOc1ccc(N=Nc2ccc(C(=O)OCCCCCCCCCC)cc2)cc1. The first-order valence-electron chi connectivity index (χ1n) is 14.7. The molecule has 0 spiro atoms. The summed E-state index contributed by atoms with van der Waals surface area (Å²) in [5.41, 5.74) is 2.32. The summed E-state index contributed by atoms with van der Waals surface area (Å²) in [7, 11) is 0. The Morgan fingerprint density at radius 3 is 1.68 bits per heavy atom. The van der Waals surface area contributed by atoms with Crippen molar-refractivity contribution < 1.29 is 23.8 Å². The van der Waals surface area contributed by atoms with Crippen molar-refractivity contribution in [3.05, 3.63) is 66.2 Å². The fourth-order valence-corrected chi connectivity index (χ4v) is 3.91. The molecule has 2 rings (SSSR count). The van der Waals surface area contributed by atoms with Crippen LogP contribution in [0.3, 0.4) is 0 Å². The molecular formula is C33H46N2O5. The van der Waals surface area contributed by atoms with Gasteiger partial charge >= 0.3 is 11.9 Å². The van der Waals surface area contributed by atoms with E-state index in [4.69, 9.17) is 14.2 Å². The molecule has 40 heavy (non-hydrogen) atoms. The molecule has 7 heteroatoms. The molecule has 0 atom stereocenters. The summed E-state index contributed by atoms with van der Waals surface area (Å²) >= 11 is 0. The minimum atomic E-state index is -0.328. The van der Waals surface area contributed by atoms with Gasteiger partial charge in [-0.05, 0) is 87.6 Å². The van der Waals surface area contributed by atoms with Gasteiger partial charge in [0.1, 0.15) is 5.75 Å². The predicted molar refractivity (Wildman–Crippen MR) is 160 cm³/mol. The lowest BCUT2D eigenvalue weighted by Gasteiger charge is -2.07. The second-order valence-electron chi connectivity index (χ2n) is 10.0. The summed E-state index contributed by atoms with van der Waals surface area (Å²) < 4.78 is 16.3. The van der Waals surface area contributed by atoms with Crippen LogP contribution in [-0.2, 0) is 14.3 Å². The zero-order valence-corrected chi connectivity index (χ0v) is 24.4. The van der Waals surface area contributed by atoms with Crippen LogP contribution in [0.15, 0.2) is 70.9 Å². The first-order valence-corrected chi connectivity index (χ1v) is 14.7. The highest BCUT2D eigenvalue weighted by atomic mass is 16.5. The van der Waals surface area contributed by atoms with Gasteiger partial charge < -0.3 is 14.2 Å². The molecule has 0 aliphatic heterocycles. The van der Waals surface area contributed by atoms with Gasteiger partial charge in [0.05, 0.1) is 36.8 Å². The Balaban J connectivity index is 1.59. The molecular weight excluding hydrogens is 504 g/mol. The molecule has 0 bridgehead atoms. The number of nitrogens with zero attached hydrogens (tertiary/aromatic N) is 2. The average Bonchev–Trinajstić information content (AvgIpc) is 2.97. The van der Waals surface area contributed by atoms with Crippen LogP contribution in [0.25, 0.3) is 0 Å². The maximum atomic E-state index is 12.3. The topological polar surface area (TPSA) is 86.5 Å². The Bertz CT molecular complexity index is 1030. The van der Waals surface area contributed by atoms with Crippen molar-refractivity contribution in [1.29, 1.82) is 0 Å². The lowest BCUT2D eigenvalue weighted by molar-refractivity contribution is -0.139. The van der Waals surface area contributed by atoms with Gasteiger partial charge in [-0.3, -0.25) is 0 Å². The Morgan fingerprint density at radius 2 is 1.12 bits per heavy atom. The first kappa shape index (κ1) is 32.7. The summed E-state index contributed by atoms with van der Waals surface area (Å²) in [6.45, 7) is 8.96. The van der Waals surface area contributed by atoms with E-state index in [2.05, 4.69) is 23.7 Å². The van der Waals surface area contributed by atoms with E-state index in [-0.39, 0.29) is 11.9 Å². The van der Waals surface area contributed by atoms with Crippen LogP contribution in [0.4, 0.5) is 11.4 Å². The minimum Gasteiger partial charge on any atom is -0.494 e. The number of benzene rings is 2. The number of hydrogen-bond donors (Lipinski definition) is 0. The van der Waals surface area contributed by atoms with Crippen LogP contribution in [0.5, 0.6) is 5.75 Å². The summed E-state index contributed by atoms with van der Waals surface area (Å²) in [6, 6.07) is 14.4. The van der Waals surface area contributed by atoms with Gasteiger partial charge in [0.2, 0.25) is 0 Å². The van der Waals surface area contributed by atoms with Crippen LogP contribution in [0.2, 0.25) is 0 Å². The molecule has 0 saturated carbocycles. The van der Waals surface area contributed by atoms with Crippen molar-refractivity contribution in [3.8, 4) is 5.75 Å². The molecule has 0 aliphatic rings. The Kier molecular flexibility index (Phi) is 16.7. The lowest BCUT2D eigenvalue weighted by Crippen LogP contribution is -2.06. The molecule has 0 saturated heterocycles.